The summed E-state index contributed by atoms with van der Waals surface area (Å²) in [4.78, 5) is 13.8. The van der Waals surface area contributed by atoms with E-state index < -0.39 is 0 Å². The molecule has 2 unspecified atom stereocenters. The van der Waals surface area contributed by atoms with Gasteiger partial charge in [-0.25, -0.2) is 0 Å². The summed E-state index contributed by atoms with van der Waals surface area (Å²) >= 11 is 0. The van der Waals surface area contributed by atoms with Crippen molar-refractivity contribution >= 4 is 5.91 Å². The molecule has 0 aromatic rings. The van der Waals surface area contributed by atoms with Crippen LogP contribution in [-0.4, -0.2) is 42.6 Å². The van der Waals surface area contributed by atoms with Crippen molar-refractivity contribution < 1.29 is 9.53 Å². The molecule has 0 spiro atoms. The highest BCUT2D eigenvalue weighted by Crippen LogP contribution is 2.15. The Morgan fingerprint density at radius 3 is 2.82 bits per heavy atom. The molecule has 1 fully saturated rings. The molecule has 100 valence electrons. The van der Waals surface area contributed by atoms with Crippen molar-refractivity contribution in [1.29, 1.82) is 0 Å². The first-order chi connectivity index (χ1) is 8.04. The fraction of sp³-hybridized carbons (Fsp3) is 0.923. The maximum atomic E-state index is 12.0. The van der Waals surface area contributed by atoms with Gasteiger partial charge in [0.15, 0.2) is 0 Å². The van der Waals surface area contributed by atoms with Crippen LogP contribution in [0.1, 0.15) is 40.0 Å². The standard InChI is InChI=1S/C13H26N2O2/c1-4-5-12(14)13(16)15-7-6-11(8-15)17-9-10(2)3/h10-12H,4-9,14H2,1-3H3. The van der Waals surface area contributed by atoms with Gasteiger partial charge in [-0.15, -0.1) is 0 Å². The van der Waals surface area contributed by atoms with E-state index in [1.807, 2.05) is 11.8 Å². The summed E-state index contributed by atoms with van der Waals surface area (Å²) in [6, 6.07) is -0.330. The Labute approximate surface area is 104 Å². The lowest BCUT2D eigenvalue weighted by molar-refractivity contribution is -0.132. The van der Waals surface area contributed by atoms with Crippen LogP contribution >= 0.6 is 0 Å². The van der Waals surface area contributed by atoms with Gasteiger partial charge < -0.3 is 15.4 Å². The maximum absolute atomic E-state index is 12.0. The molecule has 0 bridgehead atoms. The van der Waals surface area contributed by atoms with E-state index in [1.165, 1.54) is 0 Å². The zero-order chi connectivity index (χ0) is 12.8. The first kappa shape index (κ1) is 14.5. The summed E-state index contributed by atoms with van der Waals surface area (Å²) in [5.41, 5.74) is 5.84. The number of nitrogens with two attached hydrogens (primary N) is 1. The molecular weight excluding hydrogens is 216 g/mol. The lowest BCUT2D eigenvalue weighted by atomic mass is 10.1. The normalized spacial score (nSPS) is 22.2. The SMILES string of the molecule is CCCC(N)C(=O)N1CCC(OCC(C)C)C1. The number of carbonyl (C=O) groups is 1. The first-order valence-electron chi connectivity index (χ1n) is 6.70. The predicted molar refractivity (Wildman–Crippen MR) is 68.7 cm³/mol. The van der Waals surface area contributed by atoms with Crippen LogP contribution in [0.2, 0.25) is 0 Å². The zero-order valence-corrected chi connectivity index (χ0v) is 11.3. The summed E-state index contributed by atoms with van der Waals surface area (Å²) < 4.78 is 5.75. The number of amides is 1. The average Bonchev–Trinajstić information content (AvgIpc) is 2.74. The van der Waals surface area contributed by atoms with Gasteiger partial charge in [0.25, 0.3) is 0 Å². The van der Waals surface area contributed by atoms with Crippen LogP contribution in [0, 0.1) is 5.92 Å². The van der Waals surface area contributed by atoms with Gasteiger partial charge in [-0.3, -0.25) is 4.79 Å². The molecule has 1 rings (SSSR count). The van der Waals surface area contributed by atoms with Gasteiger partial charge in [0.1, 0.15) is 0 Å². The number of carbonyl (C=O) groups excluding carboxylic acids is 1. The highest BCUT2D eigenvalue weighted by Gasteiger charge is 2.29. The fourth-order valence-corrected chi connectivity index (χ4v) is 2.06. The molecule has 0 radical (unpaired) electrons. The lowest BCUT2D eigenvalue weighted by Gasteiger charge is -2.20. The minimum Gasteiger partial charge on any atom is -0.376 e. The largest absolute Gasteiger partial charge is 0.376 e. The molecule has 0 saturated carbocycles. The summed E-state index contributed by atoms with van der Waals surface area (Å²) in [5, 5.41) is 0. The highest BCUT2D eigenvalue weighted by molar-refractivity contribution is 5.81. The topological polar surface area (TPSA) is 55.6 Å². The van der Waals surface area contributed by atoms with Crippen LogP contribution in [0.3, 0.4) is 0 Å². The van der Waals surface area contributed by atoms with E-state index >= 15 is 0 Å². The minimum atomic E-state index is -0.330. The molecule has 4 heteroatoms. The van der Waals surface area contributed by atoms with Gasteiger partial charge in [-0.05, 0) is 18.8 Å². The number of hydrogen-bond acceptors (Lipinski definition) is 3. The number of hydrogen-bond donors (Lipinski definition) is 1. The molecule has 0 aromatic carbocycles. The Hall–Kier alpha value is -0.610. The van der Waals surface area contributed by atoms with Crippen LogP contribution < -0.4 is 5.73 Å². The van der Waals surface area contributed by atoms with Gasteiger partial charge in [0.05, 0.1) is 12.1 Å². The molecule has 1 heterocycles. The van der Waals surface area contributed by atoms with Crippen LogP contribution in [0.4, 0.5) is 0 Å². The molecule has 2 atom stereocenters. The van der Waals surface area contributed by atoms with Gasteiger partial charge in [-0.1, -0.05) is 27.2 Å². The maximum Gasteiger partial charge on any atom is 0.239 e. The van der Waals surface area contributed by atoms with Gasteiger partial charge in [0.2, 0.25) is 5.91 Å². The fourth-order valence-electron chi connectivity index (χ4n) is 2.06. The summed E-state index contributed by atoms with van der Waals surface area (Å²) in [7, 11) is 0. The first-order valence-corrected chi connectivity index (χ1v) is 6.70. The zero-order valence-electron chi connectivity index (χ0n) is 11.3. The third-order valence-corrected chi connectivity index (χ3v) is 3.04. The van der Waals surface area contributed by atoms with E-state index in [0.29, 0.717) is 12.5 Å². The molecule has 0 aliphatic carbocycles. The molecule has 17 heavy (non-hydrogen) atoms. The van der Waals surface area contributed by atoms with Crippen LogP contribution in [-0.2, 0) is 9.53 Å². The van der Waals surface area contributed by atoms with Crippen molar-refractivity contribution in [2.75, 3.05) is 19.7 Å². The Morgan fingerprint density at radius 1 is 1.53 bits per heavy atom. The molecule has 1 amide bonds. The highest BCUT2D eigenvalue weighted by atomic mass is 16.5. The minimum absolute atomic E-state index is 0.0856. The van der Waals surface area contributed by atoms with Gasteiger partial charge in [0, 0.05) is 19.7 Å². The molecule has 1 aliphatic heterocycles. The monoisotopic (exact) mass is 242 g/mol. The number of rotatable bonds is 6. The summed E-state index contributed by atoms with van der Waals surface area (Å²) in [6.07, 6.45) is 2.87. The Kier molecular flexibility index (Phi) is 5.92. The van der Waals surface area contributed by atoms with Crippen molar-refractivity contribution in [3.8, 4) is 0 Å². The van der Waals surface area contributed by atoms with Gasteiger partial charge >= 0.3 is 0 Å². The third kappa shape index (κ3) is 4.64. The molecule has 4 nitrogen and oxygen atoms in total. The van der Waals surface area contributed by atoms with Crippen LogP contribution in [0.25, 0.3) is 0 Å². The van der Waals surface area contributed by atoms with Crippen LogP contribution in [0.5, 0.6) is 0 Å². The second kappa shape index (κ2) is 6.97. The Morgan fingerprint density at radius 2 is 2.24 bits per heavy atom. The van der Waals surface area contributed by atoms with E-state index in [9.17, 15) is 4.79 Å². The molecule has 0 aromatic heterocycles. The lowest BCUT2D eigenvalue weighted by Crippen LogP contribution is -2.43. The van der Waals surface area contributed by atoms with Crippen LogP contribution in [0.15, 0.2) is 0 Å². The van der Waals surface area contributed by atoms with E-state index in [0.717, 1.165) is 32.4 Å². The quantitative estimate of drug-likeness (QED) is 0.765. The smallest absolute Gasteiger partial charge is 0.239 e. The Bertz CT molecular complexity index is 244. The summed E-state index contributed by atoms with van der Waals surface area (Å²) in [6.45, 7) is 8.59. The van der Waals surface area contributed by atoms with E-state index in [2.05, 4.69) is 13.8 Å². The third-order valence-electron chi connectivity index (χ3n) is 3.04. The second-order valence-electron chi connectivity index (χ2n) is 5.32. The van der Waals surface area contributed by atoms with Gasteiger partial charge in [-0.2, -0.15) is 0 Å². The molecule has 2 N–H and O–H groups in total. The average molecular weight is 242 g/mol. The van der Waals surface area contributed by atoms with E-state index in [-0.39, 0.29) is 18.1 Å². The van der Waals surface area contributed by atoms with Crippen molar-refractivity contribution in [2.24, 2.45) is 11.7 Å². The predicted octanol–water partition coefficient (Wildman–Crippen LogP) is 1.39. The van der Waals surface area contributed by atoms with Crippen molar-refractivity contribution in [2.45, 2.75) is 52.2 Å². The Balaban J connectivity index is 2.31. The molecular formula is C13H26N2O2. The number of likely N-dealkylation sites (tertiary alicyclic amines) is 1. The van der Waals surface area contributed by atoms with Crippen molar-refractivity contribution in [3.63, 3.8) is 0 Å². The number of nitrogens with zero attached hydrogens (tertiary/aromatic N) is 1. The van der Waals surface area contributed by atoms with Crippen molar-refractivity contribution in [1.82, 2.24) is 4.90 Å². The molecule has 1 saturated heterocycles. The van der Waals surface area contributed by atoms with E-state index in [1.54, 1.807) is 0 Å². The summed E-state index contributed by atoms with van der Waals surface area (Å²) in [5.74, 6) is 0.629. The van der Waals surface area contributed by atoms with E-state index in [4.69, 9.17) is 10.5 Å². The number of ether oxygens (including phenoxy) is 1. The van der Waals surface area contributed by atoms with Crippen molar-refractivity contribution in [3.05, 3.63) is 0 Å². The second-order valence-corrected chi connectivity index (χ2v) is 5.32. The molecule has 1 aliphatic rings.